The number of benzene rings is 2. The van der Waals surface area contributed by atoms with Crippen LogP contribution in [0.25, 0.3) is 21.7 Å². The Hall–Kier alpha value is -3.95. The molecule has 0 atom stereocenters. The standard InChI is InChI=1S/C24H22F3N3O4/c1-32-15-7-8-18-13(10-15)9-14(21(29-18)28-12-24(25,26)27)11-17-20-16(5-4-6-19(20)33-2)23(34-3)30-22(17)31/h4-10H,11-12H2,1-3H3,(H,28,29)(H,30,31). The Kier molecular flexibility index (Phi) is 6.23. The number of hydrogen-bond donors (Lipinski definition) is 2. The van der Waals surface area contributed by atoms with Gasteiger partial charge in [-0.1, -0.05) is 6.07 Å². The highest BCUT2D eigenvalue weighted by molar-refractivity contribution is 5.95. The van der Waals surface area contributed by atoms with Crippen molar-refractivity contribution in [1.29, 1.82) is 0 Å². The molecule has 0 spiro atoms. The molecule has 2 aromatic heterocycles. The molecule has 4 aromatic rings. The number of alkyl halides is 3. The van der Waals surface area contributed by atoms with Gasteiger partial charge in [0.1, 0.15) is 23.9 Å². The summed E-state index contributed by atoms with van der Waals surface area (Å²) in [5.74, 6) is 1.32. The fourth-order valence-corrected chi connectivity index (χ4v) is 3.88. The van der Waals surface area contributed by atoms with Crippen molar-refractivity contribution in [3.8, 4) is 17.4 Å². The van der Waals surface area contributed by atoms with Gasteiger partial charge in [0.15, 0.2) is 0 Å². The first-order valence-corrected chi connectivity index (χ1v) is 10.3. The number of nitrogens with zero attached hydrogens (tertiary/aromatic N) is 1. The van der Waals surface area contributed by atoms with Crippen LogP contribution in [0.15, 0.2) is 47.3 Å². The van der Waals surface area contributed by atoms with E-state index in [2.05, 4.69) is 15.3 Å². The number of fused-ring (bicyclic) bond motifs is 2. The van der Waals surface area contributed by atoms with Crippen LogP contribution in [0, 0.1) is 0 Å². The summed E-state index contributed by atoms with van der Waals surface area (Å²) in [7, 11) is 4.43. The Bertz CT molecular complexity index is 1420. The number of hydrogen-bond acceptors (Lipinski definition) is 6. The van der Waals surface area contributed by atoms with Crippen molar-refractivity contribution in [3.63, 3.8) is 0 Å². The molecule has 178 valence electrons. The average Bonchev–Trinajstić information content (AvgIpc) is 2.82. The van der Waals surface area contributed by atoms with Gasteiger partial charge >= 0.3 is 6.18 Å². The monoisotopic (exact) mass is 473 g/mol. The number of anilines is 1. The molecule has 0 aliphatic carbocycles. The fourth-order valence-electron chi connectivity index (χ4n) is 3.88. The van der Waals surface area contributed by atoms with Crippen LogP contribution in [0.1, 0.15) is 11.1 Å². The van der Waals surface area contributed by atoms with E-state index in [9.17, 15) is 18.0 Å². The molecule has 0 bridgehead atoms. The number of aromatic nitrogens is 2. The van der Waals surface area contributed by atoms with Crippen LogP contribution in [-0.4, -0.2) is 44.0 Å². The zero-order chi connectivity index (χ0) is 24.5. The van der Waals surface area contributed by atoms with Crippen LogP contribution in [-0.2, 0) is 6.42 Å². The molecule has 0 radical (unpaired) electrons. The van der Waals surface area contributed by atoms with E-state index in [1.807, 2.05) is 0 Å². The second-order valence-electron chi connectivity index (χ2n) is 7.55. The second-order valence-corrected chi connectivity index (χ2v) is 7.55. The number of aromatic amines is 1. The van der Waals surface area contributed by atoms with Gasteiger partial charge in [-0.05, 0) is 42.0 Å². The SMILES string of the molecule is COc1ccc2nc(NCC(F)(F)F)c(Cc3c(=O)[nH]c(OC)c4cccc(OC)c34)cc2c1. The molecule has 0 aliphatic heterocycles. The summed E-state index contributed by atoms with van der Waals surface area (Å²) >= 11 is 0. The maximum atomic E-state index is 13.0. The van der Waals surface area contributed by atoms with Crippen LogP contribution in [0.3, 0.4) is 0 Å². The van der Waals surface area contributed by atoms with E-state index in [0.717, 1.165) is 0 Å². The van der Waals surface area contributed by atoms with E-state index in [-0.39, 0.29) is 18.1 Å². The van der Waals surface area contributed by atoms with Crippen LogP contribution < -0.4 is 25.1 Å². The third kappa shape index (κ3) is 4.57. The lowest BCUT2D eigenvalue weighted by Crippen LogP contribution is -2.23. The third-order valence-corrected chi connectivity index (χ3v) is 5.42. The number of methoxy groups -OCH3 is 3. The quantitative estimate of drug-likeness (QED) is 0.406. The molecular weight excluding hydrogens is 451 g/mol. The lowest BCUT2D eigenvalue weighted by atomic mass is 9.98. The molecule has 10 heteroatoms. The van der Waals surface area contributed by atoms with Gasteiger partial charge in [-0.25, -0.2) is 4.98 Å². The van der Waals surface area contributed by atoms with Crippen LogP contribution >= 0.6 is 0 Å². The molecule has 0 amide bonds. The molecule has 0 aliphatic rings. The van der Waals surface area contributed by atoms with Gasteiger partial charge in [0.2, 0.25) is 5.88 Å². The molecule has 2 aromatic carbocycles. The summed E-state index contributed by atoms with van der Waals surface area (Å²) in [6.45, 7) is -1.27. The van der Waals surface area contributed by atoms with Crippen molar-refractivity contribution in [2.45, 2.75) is 12.6 Å². The van der Waals surface area contributed by atoms with Gasteiger partial charge in [0.05, 0.1) is 26.8 Å². The number of pyridine rings is 2. The minimum Gasteiger partial charge on any atom is -0.497 e. The summed E-state index contributed by atoms with van der Waals surface area (Å²) in [5, 5.41) is 4.16. The van der Waals surface area contributed by atoms with Crippen molar-refractivity contribution in [2.75, 3.05) is 33.2 Å². The smallest absolute Gasteiger partial charge is 0.405 e. The minimum absolute atomic E-state index is 0.00343. The largest absolute Gasteiger partial charge is 0.497 e. The summed E-state index contributed by atoms with van der Waals surface area (Å²) in [5.41, 5.74) is 0.766. The number of halogens is 3. The summed E-state index contributed by atoms with van der Waals surface area (Å²) in [6.07, 6.45) is -4.45. The predicted octanol–water partition coefficient (Wildman–Crippen LogP) is 4.67. The first-order valence-electron chi connectivity index (χ1n) is 10.3. The van der Waals surface area contributed by atoms with E-state index in [1.165, 1.54) is 21.3 Å². The van der Waals surface area contributed by atoms with E-state index in [4.69, 9.17) is 14.2 Å². The molecule has 7 nitrogen and oxygen atoms in total. The van der Waals surface area contributed by atoms with Gasteiger partial charge in [0, 0.05) is 28.1 Å². The van der Waals surface area contributed by atoms with Gasteiger partial charge in [-0.2, -0.15) is 13.2 Å². The van der Waals surface area contributed by atoms with Gasteiger partial charge in [0.25, 0.3) is 5.56 Å². The Morgan fingerprint density at radius 1 is 1.03 bits per heavy atom. The molecule has 2 N–H and O–H groups in total. The highest BCUT2D eigenvalue weighted by atomic mass is 19.4. The predicted molar refractivity (Wildman–Crippen MR) is 123 cm³/mol. The molecule has 34 heavy (non-hydrogen) atoms. The van der Waals surface area contributed by atoms with Crippen molar-refractivity contribution in [1.82, 2.24) is 9.97 Å². The van der Waals surface area contributed by atoms with Crippen molar-refractivity contribution >= 4 is 27.5 Å². The maximum Gasteiger partial charge on any atom is 0.405 e. The van der Waals surface area contributed by atoms with Gasteiger partial charge in [-0.3, -0.25) is 9.78 Å². The first kappa shape index (κ1) is 23.2. The average molecular weight is 473 g/mol. The van der Waals surface area contributed by atoms with E-state index < -0.39 is 18.3 Å². The Balaban J connectivity index is 1.92. The number of H-pyrrole nitrogens is 1. The number of nitrogens with one attached hydrogen (secondary N) is 2. The van der Waals surface area contributed by atoms with Crippen LogP contribution in [0.4, 0.5) is 19.0 Å². The minimum atomic E-state index is -4.44. The normalized spacial score (nSPS) is 11.6. The molecule has 0 saturated carbocycles. The number of rotatable bonds is 7. The zero-order valence-corrected chi connectivity index (χ0v) is 18.7. The van der Waals surface area contributed by atoms with Gasteiger partial charge in [-0.15, -0.1) is 0 Å². The number of ether oxygens (including phenoxy) is 3. The molecule has 0 fully saturated rings. The second kappa shape index (κ2) is 9.12. The first-order chi connectivity index (χ1) is 16.2. The van der Waals surface area contributed by atoms with Crippen LogP contribution in [0.2, 0.25) is 0 Å². The van der Waals surface area contributed by atoms with Crippen molar-refractivity contribution in [3.05, 3.63) is 63.9 Å². The van der Waals surface area contributed by atoms with Crippen molar-refractivity contribution in [2.24, 2.45) is 0 Å². The lowest BCUT2D eigenvalue weighted by Gasteiger charge is -2.16. The Morgan fingerprint density at radius 3 is 2.50 bits per heavy atom. The maximum absolute atomic E-state index is 13.0. The topological polar surface area (TPSA) is 85.5 Å². The van der Waals surface area contributed by atoms with Crippen LogP contribution in [0.5, 0.6) is 17.4 Å². The lowest BCUT2D eigenvalue weighted by molar-refractivity contribution is -0.115. The molecule has 0 unspecified atom stereocenters. The highest BCUT2D eigenvalue weighted by Crippen LogP contribution is 2.34. The fraction of sp³-hybridized carbons (Fsp3) is 0.250. The zero-order valence-electron chi connectivity index (χ0n) is 18.7. The molecular formula is C24H22F3N3O4. The van der Waals surface area contributed by atoms with Gasteiger partial charge < -0.3 is 19.5 Å². The highest BCUT2D eigenvalue weighted by Gasteiger charge is 2.28. The van der Waals surface area contributed by atoms with E-state index in [0.29, 0.717) is 44.3 Å². The van der Waals surface area contributed by atoms with E-state index in [1.54, 1.807) is 42.5 Å². The van der Waals surface area contributed by atoms with Crippen molar-refractivity contribution < 1.29 is 27.4 Å². The molecule has 4 rings (SSSR count). The summed E-state index contributed by atoms with van der Waals surface area (Å²) < 4.78 is 55.0. The van der Waals surface area contributed by atoms with E-state index >= 15 is 0 Å². The Morgan fingerprint density at radius 2 is 1.82 bits per heavy atom. The molecule has 0 saturated heterocycles. The third-order valence-electron chi connectivity index (χ3n) is 5.42. The molecule has 2 heterocycles. The summed E-state index contributed by atoms with van der Waals surface area (Å²) in [4.78, 5) is 20.1. The summed E-state index contributed by atoms with van der Waals surface area (Å²) in [6, 6.07) is 12.0. The Labute approximate surface area is 192 Å².